The van der Waals surface area contributed by atoms with Gasteiger partial charge in [0, 0.05) is 18.5 Å². The summed E-state index contributed by atoms with van der Waals surface area (Å²) in [4.78, 5) is 13.6. The number of hydrogen-bond donors (Lipinski definition) is 1. The van der Waals surface area contributed by atoms with Crippen LogP contribution in [0.3, 0.4) is 0 Å². The number of hydrogen-bond acceptors (Lipinski definition) is 6. The Morgan fingerprint density at radius 1 is 1.38 bits per heavy atom. The molecule has 0 unspecified atom stereocenters. The van der Waals surface area contributed by atoms with Gasteiger partial charge in [-0.15, -0.1) is 11.3 Å². The molecule has 0 saturated carbocycles. The molecule has 3 rings (SSSR count). The molecule has 3 heterocycles. The fourth-order valence-electron chi connectivity index (χ4n) is 2.31. The van der Waals surface area contributed by atoms with Crippen molar-refractivity contribution < 1.29 is 4.42 Å². The first kappa shape index (κ1) is 13.9. The Morgan fingerprint density at radius 2 is 2.24 bits per heavy atom. The molecule has 5 nitrogen and oxygen atoms in total. The second kappa shape index (κ2) is 5.73. The normalized spacial score (nSPS) is 11.0. The van der Waals surface area contributed by atoms with Crippen molar-refractivity contribution in [2.24, 2.45) is 0 Å². The molecule has 110 valence electrons. The number of nitrogens with zero attached hydrogens (tertiary/aromatic N) is 3. The number of aryl methyl sites for hydroxylation is 1. The number of aromatic nitrogens is 2. The van der Waals surface area contributed by atoms with E-state index in [9.17, 15) is 0 Å². The van der Waals surface area contributed by atoms with Crippen LogP contribution in [0.25, 0.3) is 10.2 Å². The zero-order valence-corrected chi connectivity index (χ0v) is 13.2. The monoisotopic (exact) mass is 302 g/mol. The number of rotatable bonds is 5. The SMILES string of the molecule is CCN(Cc1ccco1)c1nc(NC)nc2sc(C)cc12. The highest BCUT2D eigenvalue weighted by molar-refractivity contribution is 7.18. The van der Waals surface area contributed by atoms with Crippen molar-refractivity contribution in [2.75, 3.05) is 23.8 Å². The molecule has 0 aliphatic rings. The molecule has 3 aromatic rings. The lowest BCUT2D eigenvalue weighted by Gasteiger charge is -2.22. The van der Waals surface area contributed by atoms with E-state index in [4.69, 9.17) is 4.42 Å². The standard InChI is InChI=1S/C15H18N4OS/c1-4-19(9-11-6-5-7-20-11)13-12-8-10(2)21-14(12)18-15(16-3)17-13/h5-8H,4,9H2,1-3H3,(H,16,17,18). The van der Waals surface area contributed by atoms with Crippen LogP contribution in [0.2, 0.25) is 0 Å². The maximum Gasteiger partial charge on any atom is 0.225 e. The van der Waals surface area contributed by atoms with Gasteiger partial charge in [0.2, 0.25) is 5.95 Å². The summed E-state index contributed by atoms with van der Waals surface area (Å²) in [6.45, 7) is 5.77. The average molecular weight is 302 g/mol. The van der Waals surface area contributed by atoms with Gasteiger partial charge in [0.1, 0.15) is 16.4 Å². The predicted molar refractivity (Wildman–Crippen MR) is 87.1 cm³/mol. The molecular weight excluding hydrogens is 284 g/mol. The molecule has 0 aliphatic carbocycles. The molecule has 6 heteroatoms. The zero-order valence-electron chi connectivity index (χ0n) is 12.4. The van der Waals surface area contributed by atoms with Crippen LogP contribution in [0.5, 0.6) is 0 Å². The Bertz CT molecular complexity index is 736. The third-order valence-corrected chi connectivity index (χ3v) is 4.27. The van der Waals surface area contributed by atoms with Crippen LogP contribution >= 0.6 is 11.3 Å². The zero-order chi connectivity index (χ0) is 14.8. The first-order chi connectivity index (χ1) is 10.2. The van der Waals surface area contributed by atoms with E-state index in [-0.39, 0.29) is 0 Å². The van der Waals surface area contributed by atoms with Crippen molar-refractivity contribution in [3.63, 3.8) is 0 Å². The van der Waals surface area contributed by atoms with Crippen molar-refractivity contribution in [1.29, 1.82) is 0 Å². The molecule has 0 amide bonds. The molecule has 0 fully saturated rings. The van der Waals surface area contributed by atoms with Crippen LogP contribution in [0.15, 0.2) is 28.9 Å². The van der Waals surface area contributed by atoms with E-state index in [2.05, 4.69) is 40.1 Å². The van der Waals surface area contributed by atoms with E-state index in [1.165, 1.54) is 4.88 Å². The third kappa shape index (κ3) is 2.71. The van der Waals surface area contributed by atoms with E-state index in [0.717, 1.165) is 28.3 Å². The highest BCUT2D eigenvalue weighted by Gasteiger charge is 2.16. The lowest BCUT2D eigenvalue weighted by atomic mass is 10.3. The highest BCUT2D eigenvalue weighted by Crippen LogP contribution is 2.32. The minimum absolute atomic E-state index is 0.650. The van der Waals surface area contributed by atoms with Crippen molar-refractivity contribution in [1.82, 2.24) is 9.97 Å². The summed E-state index contributed by atoms with van der Waals surface area (Å²) >= 11 is 1.69. The van der Waals surface area contributed by atoms with Crippen LogP contribution in [-0.2, 0) is 6.54 Å². The minimum Gasteiger partial charge on any atom is -0.467 e. The maximum absolute atomic E-state index is 5.46. The number of anilines is 2. The van der Waals surface area contributed by atoms with Crippen molar-refractivity contribution in [3.05, 3.63) is 35.1 Å². The third-order valence-electron chi connectivity index (χ3n) is 3.33. The Labute approximate surface area is 127 Å². The smallest absolute Gasteiger partial charge is 0.225 e. The molecule has 1 N–H and O–H groups in total. The summed E-state index contributed by atoms with van der Waals surface area (Å²) in [5.74, 6) is 2.53. The van der Waals surface area contributed by atoms with Gasteiger partial charge >= 0.3 is 0 Å². The molecule has 0 saturated heterocycles. The quantitative estimate of drug-likeness (QED) is 0.779. The summed E-state index contributed by atoms with van der Waals surface area (Å²) in [5, 5.41) is 4.14. The van der Waals surface area contributed by atoms with Crippen LogP contribution in [-0.4, -0.2) is 23.6 Å². The summed E-state index contributed by atoms with van der Waals surface area (Å²) in [5.41, 5.74) is 0. The molecular formula is C15H18N4OS. The lowest BCUT2D eigenvalue weighted by Crippen LogP contribution is -2.23. The van der Waals surface area contributed by atoms with E-state index in [0.29, 0.717) is 12.5 Å². The van der Waals surface area contributed by atoms with Gasteiger partial charge < -0.3 is 14.6 Å². The van der Waals surface area contributed by atoms with Gasteiger partial charge in [0.15, 0.2) is 0 Å². The molecule has 0 aliphatic heterocycles. The van der Waals surface area contributed by atoms with Gasteiger partial charge in [0.25, 0.3) is 0 Å². The fourth-order valence-corrected chi connectivity index (χ4v) is 3.18. The average Bonchev–Trinajstić information content (AvgIpc) is 3.11. The van der Waals surface area contributed by atoms with Gasteiger partial charge in [-0.05, 0) is 32.0 Å². The predicted octanol–water partition coefficient (Wildman–Crippen LogP) is 3.66. The van der Waals surface area contributed by atoms with Crippen molar-refractivity contribution in [2.45, 2.75) is 20.4 Å². The van der Waals surface area contributed by atoms with E-state index in [1.54, 1.807) is 17.6 Å². The summed E-state index contributed by atoms with van der Waals surface area (Å²) in [6, 6.07) is 6.05. The molecule has 0 aromatic carbocycles. The first-order valence-corrected chi connectivity index (χ1v) is 7.76. The summed E-state index contributed by atoms with van der Waals surface area (Å²) in [6.07, 6.45) is 1.70. The van der Waals surface area contributed by atoms with Crippen molar-refractivity contribution in [3.8, 4) is 0 Å². The lowest BCUT2D eigenvalue weighted by molar-refractivity contribution is 0.503. The topological polar surface area (TPSA) is 54.2 Å². The number of furan rings is 1. The second-order valence-corrected chi connectivity index (χ2v) is 6.03. The fraction of sp³-hybridized carbons (Fsp3) is 0.333. The van der Waals surface area contributed by atoms with Gasteiger partial charge in [0.05, 0.1) is 18.2 Å². The number of nitrogens with one attached hydrogen (secondary N) is 1. The number of fused-ring (bicyclic) bond motifs is 1. The van der Waals surface area contributed by atoms with Crippen LogP contribution in [0.4, 0.5) is 11.8 Å². The van der Waals surface area contributed by atoms with Crippen LogP contribution < -0.4 is 10.2 Å². The molecule has 0 bridgehead atoms. The number of thiophene rings is 1. The highest BCUT2D eigenvalue weighted by atomic mass is 32.1. The van der Waals surface area contributed by atoms with Gasteiger partial charge in [-0.3, -0.25) is 0 Å². The molecule has 3 aromatic heterocycles. The van der Waals surface area contributed by atoms with Gasteiger partial charge in [-0.25, -0.2) is 4.98 Å². The van der Waals surface area contributed by atoms with Gasteiger partial charge in [-0.1, -0.05) is 0 Å². The Morgan fingerprint density at radius 3 is 2.90 bits per heavy atom. The maximum atomic E-state index is 5.46. The van der Waals surface area contributed by atoms with Crippen LogP contribution in [0.1, 0.15) is 17.6 Å². The Hall–Kier alpha value is -2.08. The molecule has 0 atom stereocenters. The van der Waals surface area contributed by atoms with E-state index >= 15 is 0 Å². The van der Waals surface area contributed by atoms with Crippen LogP contribution in [0, 0.1) is 6.92 Å². The largest absolute Gasteiger partial charge is 0.467 e. The van der Waals surface area contributed by atoms with Crippen molar-refractivity contribution >= 4 is 33.3 Å². The Balaban J connectivity index is 2.07. The second-order valence-electron chi connectivity index (χ2n) is 4.79. The summed E-state index contributed by atoms with van der Waals surface area (Å²) in [7, 11) is 1.84. The summed E-state index contributed by atoms with van der Waals surface area (Å²) < 4.78 is 5.46. The molecule has 21 heavy (non-hydrogen) atoms. The first-order valence-electron chi connectivity index (χ1n) is 6.94. The Kier molecular flexibility index (Phi) is 3.79. The van der Waals surface area contributed by atoms with E-state index in [1.807, 2.05) is 19.2 Å². The molecule has 0 radical (unpaired) electrons. The molecule has 0 spiro atoms. The van der Waals surface area contributed by atoms with E-state index < -0.39 is 0 Å². The minimum atomic E-state index is 0.650. The van der Waals surface area contributed by atoms with Gasteiger partial charge in [-0.2, -0.15) is 4.98 Å².